The molecule has 0 aliphatic rings. The van der Waals surface area contributed by atoms with E-state index in [0.717, 1.165) is 24.8 Å². The molecule has 8 heteroatoms. The molecule has 0 fully saturated rings. The van der Waals surface area contributed by atoms with Crippen LogP contribution in [-0.2, 0) is 20.7 Å². The van der Waals surface area contributed by atoms with Gasteiger partial charge >= 0.3 is 6.09 Å². The summed E-state index contributed by atoms with van der Waals surface area (Å²) in [7, 11) is 1.57. The fourth-order valence-corrected chi connectivity index (χ4v) is 4.89. The van der Waals surface area contributed by atoms with Gasteiger partial charge < -0.3 is 25.0 Å². The lowest BCUT2D eigenvalue weighted by Gasteiger charge is -2.34. The monoisotopic (exact) mass is 611 g/mol. The number of carbonyl (C=O) groups excluding carboxylic acids is 3. The summed E-state index contributed by atoms with van der Waals surface area (Å²) in [5.74, 6) is 2.47. The molecule has 3 aromatic rings. The Hall–Kier alpha value is -4.77. The summed E-state index contributed by atoms with van der Waals surface area (Å²) in [6.07, 6.45) is 8.68. The van der Waals surface area contributed by atoms with Crippen molar-refractivity contribution >= 4 is 23.6 Å². The number of hydrogen-bond donors (Lipinski definition) is 2. The van der Waals surface area contributed by atoms with Gasteiger partial charge in [-0.2, -0.15) is 0 Å². The molecule has 0 spiro atoms. The van der Waals surface area contributed by atoms with E-state index in [1.807, 2.05) is 30.3 Å². The standard InChI is InChI=1S/C37H45N3O5/c1-7-9-10-14-25-40(35(42)32(26-28-15-12-11-13-16-28)39-36(43)45-37(3,4)5)33(29-19-17-27(8-2)18-20-29)34(41)38-30-21-23-31(44-6)24-22-30/h2,11-13,15-24,32-33H,7,9-10,14,25-26H2,1,3-6H3,(H,38,41)(H,39,43). The molecule has 0 aliphatic carbocycles. The topological polar surface area (TPSA) is 97.0 Å². The van der Waals surface area contributed by atoms with Crippen molar-refractivity contribution in [1.82, 2.24) is 10.2 Å². The highest BCUT2D eigenvalue weighted by molar-refractivity contribution is 5.99. The van der Waals surface area contributed by atoms with Crippen molar-refractivity contribution in [3.8, 4) is 18.1 Å². The molecule has 0 aromatic heterocycles. The van der Waals surface area contributed by atoms with Gasteiger partial charge in [0.1, 0.15) is 23.4 Å². The largest absolute Gasteiger partial charge is 0.497 e. The van der Waals surface area contributed by atoms with Crippen molar-refractivity contribution < 1.29 is 23.9 Å². The third kappa shape index (κ3) is 11.0. The SMILES string of the molecule is C#Cc1ccc(C(C(=O)Nc2ccc(OC)cc2)N(CCCCCC)C(=O)C(Cc2ccccc2)NC(=O)OC(C)(C)C)cc1. The maximum absolute atomic E-state index is 14.6. The Balaban J connectivity index is 2.06. The van der Waals surface area contributed by atoms with Crippen LogP contribution in [0, 0.1) is 12.3 Å². The molecule has 2 N–H and O–H groups in total. The fourth-order valence-electron chi connectivity index (χ4n) is 4.89. The van der Waals surface area contributed by atoms with Crippen LogP contribution in [0.1, 0.15) is 76.1 Å². The molecule has 0 saturated carbocycles. The van der Waals surface area contributed by atoms with Crippen molar-refractivity contribution in [2.75, 3.05) is 19.0 Å². The van der Waals surface area contributed by atoms with E-state index in [2.05, 4.69) is 23.5 Å². The molecular formula is C37H45N3O5. The smallest absolute Gasteiger partial charge is 0.408 e. The molecule has 0 heterocycles. The number of benzene rings is 3. The summed E-state index contributed by atoms with van der Waals surface area (Å²) in [5.41, 5.74) is 1.90. The Bertz CT molecular complexity index is 1420. The average Bonchev–Trinajstić information content (AvgIpc) is 3.02. The Morgan fingerprint density at radius 2 is 1.58 bits per heavy atom. The third-order valence-corrected chi connectivity index (χ3v) is 7.12. The molecule has 2 unspecified atom stereocenters. The Morgan fingerprint density at radius 1 is 0.911 bits per heavy atom. The predicted molar refractivity (Wildman–Crippen MR) is 178 cm³/mol. The molecule has 2 atom stereocenters. The molecule has 3 aromatic carbocycles. The minimum atomic E-state index is -1.01. The molecular weight excluding hydrogens is 566 g/mol. The maximum Gasteiger partial charge on any atom is 0.408 e. The van der Waals surface area contributed by atoms with E-state index in [1.165, 1.54) is 0 Å². The fraction of sp³-hybridized carbons (Fsp3) is 0.378. The Kier molecular flexibility index (Phi) is 13.0. The lowest BCUT2D eigenvalue weighted by atomic mass is 9.98. The maximum atomic E-state index is 14.6. The predicted octanol–water partition coefficient (Wildman–Crippen LogP) is 6.90. The number of terminal acetylenes is 1. The van der Waals surface area contributed by atoms with Crippen LogP contribution in [0.2, 0.25) is 0 Å². The second kappa shape index (κ2) is 16.9. The van der Waals surface area contributed by atoms with Gasteiger partial charge in [0, 0.05) is 24.2 Å². The molecule has 0 bridgehead atoms. The van der Waals surface area contributed by atoms with Gasteiger partial charge in [-0.05, 0) is 74.7 Å². The van der Waals surface area contributed by atoms with E-state index in [9.17, 15) is 14.4 Å². The van der Waals surface area contributed by atoms with Gasteiger partial charge in [-0.3, -0.25) is 9.59 Å². The molecule has 0 radical (unpaired) electrons. The highest BCUT2D eigenvalue weighted by Crippen LogP contribution is 2.27. The van der Waals surface area contributed by atoms with Crippen LogP contribution in [0.15, 0.2) is 78.9 Å². The van der Waals surface area contributed by atoms with E-state index < -0.39 is 35.6 Å². The first-order valence-corrected chi connectivity index (χ1v) is 15.4. The Morgan fingerprint density at radius 3 is 2.16 bits per heavy atom. The molecule has 238 valence electrons. The minimum absolute atomic E-state index is 0.216. The first kappa shape index (κ1) is 34.7. The molecule has 3 amide bonds. The van der Waals surface area contributed by atoms with Crippen LogP contribution in [-0.4, -0.2) is 48.1 Å². The van der Waals surface area contributed by atoms with Crippen molar-refractivity contribution in [2.45, 2.75) is 77.5 Å². The lowest BCUT2D eigenvalue weighted by Crippen LogP contribution is -2.53. The number of methoxy groups -OCH3 is 1. The van der Waals surface area contributed by atoms with Gasteiger partial charge in [0.15, 0.2) is 0 Å². The molecule has 3 rings (SSSR count). The van der Waals surface area contributed by atoms with Crippen molar-refractivity contribution in [1.29, 1.82) is 0 Å². The minimum Gasteiger partial charge on any atom is -0.497 e. The number of anilines is 1. The summed E-state index contributed by atoms with van der Waals surface area (Å²) in [6, 6.07) is 21.5. The van der Waals surface area contributed by atoms with Gasteiger partial charge in [0.05, 0.1) is 7.11 Å². The van der Waals surface area contributed by atoms with E-state index in [0.29, 0.717) is 35.5 Å². The number of hydrogen-bond acceptors (Lipinski definition) is 5. The number of unbranched alkanes of at least 4 members (excludes halogenated alkanes) is 3. The number of ether oxygens (including phenoxy) is 2. The van der Waals surface area contributed by atoms with E-state index in [1.54, 1.807) is 81.3 Å². The van der Waals surface area contributed by atoms with Crippen molar-refractivity contribution in [3.05, 3.63) is 95.6 Å². The van der Waals surface area contributed by atoms with Gasteiger partial charge in [-0.1, -0.05) is 74.6 Å². The first-order valence-electron chi connectivity index (χ1n) is 15.4. The summed E-state index contributed by atoms with van der Waals surface area (Å²) < 4.78 is 10.8. The summed E-state index contributed by atoms with van der Waals surface area (Å²) in [5, 5.41) is 5.78. The van der Waals surface area contributed by atoms with Crippen LogP contribution in [0.4, 0.5) is 10.5 Å². The third-order valence-electron chi connectivity index (χ3n) is 7.12. The molecule has 8 nitrogen and oxygen atoms in total. The molecule has 45 heavy (non-hydrogen) atoms. The van der Waals surface area contributed by atoms with Crippen LogP contribution in [0.25, 0.3) is 0 Å². The van der Waals surface area contributed by atoms with E-state index >= 15 is 0 Å². The number of carbonyl (C=O) groups is 3. The zero-order valence-corrected chi connectivity index (χ0v) is 27.0. The van der Waals surface area contributed by atoms with Gasteiger partial charge in [0.25, 0.3) is 5.91 Å². The van der Waals surface area contributed by atoms with Crippen LogP contribution >= 0.6 is 0 Å². The van der Waals surface area contributed by atoms with Gasteiger partial charge in [0.2, 0.25) is 5.91 Å². The van der Waals surface area contributed by atoms with Crippen LogP contribution < -0.4 is 15.4 Å². The number of amides is 3. The van der Waals surface area contributed by atoms with Crippen LogP contribution in [0.5, 0.6) is 5.75 Å². The second-order valence-corrected chi connectivity index (χ2v) is 11.9. The zero-order chi connectivity index (χ0) is 32.8. The first-order chi connectivity index (χ1) is 21.5. The molecule has 0 aliphatic heterocycles. The number of alkyl carbamates (subject to hydrolysis) is 1. The molecule has 0 saturated heterocycles. The van der Waals surface area contributed by atoms with Crippen molar-refractivity contribution in [3.63, 3.8) is 0 Å². The Labute approximate surface area is 267 Å². The second-order valence-electron chi connectivity index (χ2n) is 11.9. The number of nitrogens with one attached hydrogen (secondary N) is 2. The summed E-state index contributed by atoms with van der Waals surface area (Å²) >= 11 is 0. The average molecular weight is 612 g/mol. The summed E-state index contributed by atoms with van der Waals surface area (Å²) in [6.45, 7) is 7.71. The number of rotatable bonds is 14. The normalized spacial score (nSPS) is 12.3. The van der Waals surface area contributed by atoms with Gasteiger partial charge in [-0.15, -0.1) is 6.42 Å². The summed E-state index contributed by atoms with van der Waals surface area (Å²) in [4.78, 5) is 43.4. The highest BCUT2D eigenvalue weighted by atomic mass is 16.6. The highest BCUT2D eigenvalue weighted by Gasteiger charge is 2.36. The number of nitrogens with zero attached hydrogens (tertiary/aromatic N) is 1. The van der Waals surface area contributed by atoms with Crippen LogP contribution in [0.3, 0.4) is 0 Å². The van der Waals surface area contributed by atoms with Gasteiger partial charge in [-0.25, -0.2) is 4.79 Å². The zero-order valence-electron chi connectivity index (χ0n) is 27.0. The van der Waals surface area contributed by atoms with Crippen molar-refractivity contribution in [2.24, 2.45) is 0 Å². The quantitative estimate of drug-likeness (QED) is 0.153. The van der Waals surface area contributed by atoms with E-state index in [-0.39, 0.29) is 6.42 Å². The lowest BCUT2D eigenvalue weighted by molar-refractivity contribution is -0.140. The van der Waals surface area contributed by atoms with E-state index in [4.69, 9.17) is 15.9 Å².